The van der Waals surface area contributed by atoms with Crippen molar-refractivity contribution < 1.29 is 0 Å². The van der Waals surface area contributed by atoms with Crippen LogP contribution in [-0.4, -0.2) is 24.3 Å². The van der Waals surface area contributed by atoms with Crippen LogP contribution >= 0.6 is 0 Å². The van der Waals surface area contributed by atoms with Crippen molar-refractivity contribution in [2.75, 3.05) is 0 Å². The van der Waals surface area contributed by atoms with Gasteiger partial charge in [0.15, 0.2) is 0 Å². The number of rotatable bonds is 4. The summed E-state index contributed by atoms with van der Waals surface area (Å²) in [4.78, 5) is 2.41. The molecule has 0 N–H and O–H groups in total. The average molecular weight is 193 g/mol. The minimum atomic E-state index is 0.538. The average Bonchev–Trinajstić information content (AvgIpc) is 2.10. The van der Waals surface area contributed by atoms with Crippen molar-refractivity contribution in [1.82, 2.24) is 4.81 Å². The third-order valence-corrected chi connectivity index (χ3v) is 2.55. The van der Waals surface area contributed by atoms with Crippen molar-refractivity contribution in [2.45, 2.75) is 60.0 Å². The molecule has 0 aromatic carbocycles. The molecule has 0 bridgehead atoms. The van der Waals surface area contributed by atoms with Gasteiger partial charge in [-0.15, -0.1) is 11.7 Å². The monoisotopic (exact) mass is 193 g/mol. The van der Waals surface area contributed by atoms with Crippen LogP contribution in [0.2, 0.25) is 0 Å². The summed E-state index contributed by atoms with van der Waals surface area (Å²) in [5.74, 6) is 7.09. The fourth-order valence-electron chi connectivity index (χ4n) is 1.37. The SMILES string of the molecule is CCC(C)C#CBN(C(C)C)C(C)C. The minimum Gasteiger partial charge on any atom is -0.330 e. The third kappa shape index (κ3) is 5.34. The molecule has 0 amide bonds. The highest BCUT2D eigenvalue weighted by molar-refractivity contribution is 6.43. The zero-order valence-corrected chi connectivity index (χ0v) is 10.6. The van der Waals surface area contributed by atoms with Crippen LogP contribution in [0.1, 0.15) is 48.0 Å². The topological polar surface area (TPSA) is 3.24 Å². The lowest BCUT2D eigenvalue weighted by Gasteiger charge is -2.28. The van der Waals surface area contributed by atoms with Gasteiger partial charge in [-0.2, -0.15) is 0 Å². The zero-order chi connectivity index (χ0) is 11.1. The molecule has 0 saturated carbocycles. The van der Waals surface area contributed by atoms with E-state index in [9.17, 15) is 0 Å². The van der Waals surface area contributed by atoms with Crippen LogP contribution in [-0.2, 0) is 0 Å². The maximum atomic E-state index is 3.28. The van der Waals surface area contributed by atoms with Crippen molar-refractivity contribution in [3.8, 4) is 11.7 Å². The Balaban J connectivity index is 4.10. The summed E-state index contributed by atoms with van der Waals surface area (Å²) in [5, 5.41) is 0. The summed E-state index contributed by atoms with van der Waals surface area (Å²) in [5.41, 5.74) is 0. The Morgan fingerprint density at radius 2 is 1.57 bits per heavy atom. The van der Waals surface area contributed by atoms with E-state index < -0.39 is 0 Å². The molecule has 0 aromatic rings. The van der Waals surface area contributed by atoms with Crippen LogP contribution in [0.3, 0.4) is 0 Å². The van der Waals surface area contributed by atoms with Crippen LogP contribution in [0, 0.1) is 17.7 Å². The minimum absolute atomic E-state index is 0.538. The highest BCUT2D eigenvalue weighted by Gasteiger charge is 2.12. The molecule has 0 rings (SSSR count). The van der Waals surface area contributed by atoms with Crippen molar-refractivity contribution in [2.24, 2.45) is 5.92 Å². The normalized spacial score (nSPS) is 12.9. The van der Waals surface area contributed by atoms with Crippen LogP contribution in [0.5, 0.6) is 0 Å². The first-order valence-corrected chi connectivity index (χ1v) is 5.73. The molecule has 2 heteroatoms. The molecule has 14 heavy (non-hydrogen) atoms. The second-order valence-electron chi connectivity index (χ2n) is 4.49. The van der Waals surface area contributed by atoms with E-state index in [0.717, 1.165) is 13.8 Å². The predicted molar refractivity (Wildman–Crippen MR) is 66.5 cm³/mol. The molecule has 0 radical (unpaired) electrons. The van der Waals surface area contributed by atoms with E-state index in [4.69, 9.17) is 0 Å². The zero-order valence-electron chi connectivity index (χ0n) is 10.6. The van der Waals surface area contributed by atoms with Gasteiger partial charge in [0, 0.05) is 5.92 Å². The van der Waals surface area contributed by atoms with Crippen LogP contribution in [0.25, 0.3) is 0 Å². The van der Waals surface area contributed by atoms with Gasteiger partial charge in [-0.3, -0.25) is 0 Å². The summed E-state index contributed by atoms with van der Waals surface area (Å²) >= 11 is 0. The molecule has 1 nitrogen and oxygen atoms in total. The van der Waals surface area contributed by atoms with Gasteiger partial charge in [0.1, 0.15) is 0 Å². The fourth-order valence-corrected chi connectivity index (χ4v) is 1.37. The Morgan fingerprint density at radius 3 is 1.93 bits per heavy atom. The third-order valence-electron chi connectivity index (χ3n) is 2.55. The lowest BCUT2D eigenvalue weighted by atomic mass is 9.87. The van der Waals surface area contributed by atoms with Gasteiger partial charge in [0.05, 0.1) is 0 Å². The first-order chi connectivity index (χ1) is 6.49. The van der Waals surface area contributed by atoms with E-state index in [-0.39, 0.29) is 0 Å². The molecule has 0 saturated heterocycles. The molecule has 0 aliphatic rings. The quantitative estimate of drug-likeness (QED) is 0.489. The lowest BCUT2D eigenvalue weighted by molar-refractivity contribution is 0.315. The Labute approximate surface area is 90.5 Å². The van der Waals surface area contributed by atoms with Crippen molar-refractivity contribution in [3.63, 3.8) is 0 Å². The molecular formula is C12H24BN. The molecule has 0 aliphatic heterocycles. The first kappa shape index (κ1) is 13.6. The summed E-state index contributed by atoms with van der Waals surface area (Å²) in [6.45, 7) is 13.3. The maximum Gasteiger partial charge on any atom is 0.294 e. The van der Waals surface area contributed by atoms with Gasteiger partial charge in [-0.25, -0.2) is 0 Å². The van der Waals surface area contributed by atoms with Gasteiger partial charge < -0.3 is 4.81 Å². The first-order valence-electron chi connectivity index (χ1n) is 5.73. The van der Waals surface area contributed by atoms with Crippen molar-refractivity contribution in [1.29, 1.82) is 0 Å². The van der Waals surface area contributed by atoms with E-state index in [1.54, 1.807) is 0 Å². The van der Waals surface area contributed by atoms with Crippen LogP contribution in [0.4, 0.5) is 0 Å². The van der Waals surface area contributed by atoms with Gasteiger partial charge in [0.25, 0.3) is 7.41 Å². The molecule has 80 valence electrons. The molecule has 0 aliphatic carbocycles. The highest BCUT2D eigenvalue weighted by atomic mass is 15.1. The largest absolute Gasteiger partial charge is 0.330 e. The smallest absolute Gasteiger partial charge is 0.294 e. The van der Waals surface area contributed by atoms with Gasteiger partial charge >= 0.3 is 0 Å². The van der Waals surface area contributed by atoms with Crippen molar-refractivity contribution >= 4 is 7.41 Å². The van der Waals surface area contributed by atoms with E-state index in [1.807, 2.05) is 0 Å². The second-order valence-corrected chi connectivity index (χ2v) is 4.49. The summed E-state index contributed by atoms with van der Waals surface area (Å²) in [6, 6.07) is 1.17. The van der Waals surface area contributed by atoms with Gasteiger partial charge in [0.2, 0.25) is 0 Å². The standard InChI is InChI=1S/C12H24BN/c1-7-12(6)8-9-13-14(10(2)3)11(4)5/h10-13H,7H2,1-6H3. The molecular weight excluding hydrogens is 169 g/mol. The van der Waals surface area contributed by atoms with Gasteiger partial charge in [-0.05, 0) is 18.5 Å². The summed E-state index contributed by atoms with van der Waals surface area (Å²) in [6.07, 6.45) is 1.15. The van der Waals surface area contributed by atoms with E-state index in [1.165, 1.54) is 0 Å². The maximum absolute atomic E-state index is 3.28. The van der Waals surface area contributed by atoms with Crippen LogP contribution < -0.4 is 0 Å². The number of hydrogen-bond donors (Lipinski definition) is 0. The Hall–Kier alpha value is -0.415. The Morgan fingerprint density at radius 1 is 1.07 bits per heavy atom. The van der Waals surface area contributed by atoms with E-state index in [2.05, 4.69) is 58.1 Å². The Bertz CT molecular complexity index is 192. The predicted octanol–water partition coefficient (Wildman–Crippen LogP) is 2.46. The van der Waals surface area contributed by atoms with Crippen molar-refractivity contribution in [3.05, 3.63) is 0 Å². The molecule has 1 unspecified atom stereocenters. The molecule has 0 aromatic heterocycles. The van der Waals surface area contributed by atoms with E-state index in [0.29, 0.717) is 18.0 Å². The van der Waals surface area contributed by atoms with E-state index >= 15 is 0 Å². The Kier molecular flexibility index (Phi) is 6.75. The molecule has 0 fully saturated rings. The fraction of sp³-hybridized carbons (Fsp3) is 0.833. The molecule has 1 atom stereocenters. The van der Waals surface area contributed by atoms with Gasteiger partial charge in [-0.1, -0.05) is 41.5 Å². The molecule has 0 spiro atoms. The second kappa shape index (κ2) is 6.95. The molecule has 0 heterocycles. The summed E-state index contributed by atoms with van der Waals surface area (Å²) < 4.78 is 0. The van der Waals surface area contributed by atoms with Crippen LogP contribution in [0.15, 0.2) is 0 Å². The highest BCUT2D eigenvalue weighted by Crippen LogP contribution is 2.02. The lowest BCUT2D eigenvalue weighted by Crippen LogP contribution is -2.39. The summed E-state index contributed by atoms with van der Waals surface area (Å²) in [7, 11) is 0.902. The number of hydrogen-bond acceptors (Lipinski definition) is 1. The number of nitrogens with zero attached hydrogens (tertiary/aromatic N) is 1.